The van der Waals surface area contributed by atoms with Crippen LogP contribution < -0.4 is 0 Å². The van der Waals surface area contributed by atoms with Crippen molar-refractivity contribution in [3.8, 4) is 0 Å². The van der Waals surface area contributed by atoms with Crippen molar-refractivity contribution >= 4 is 5.78 Å². The second-order valence-electron chi connectivity index (χ2n) is 9.77. The zero-order valence-electron chi connectivity index (χ0n) is 17.0. The minimum atomic E-state index is -0.528. The van der Waals surface area contributed by atoms with Crippen molar-refractivity contribution in [3.05, 3.63) is 23.3 Å². The number of carbonyl (C=O) groups is 1. The first-order valence-corrected chi connectivity index (χ1v) is 10.4. The van der Waals surface area contributed by atoms with Crippen molar-refractivity contribution in [3.63, 3.8) is 0 Å². The molecular weight excluding hydrogens is 324 g/mol. The largest absolute Gasteiger partial charge is 0.350 e. The van der Waals surface area contributed by atoms with Crippen LogP contribution in [0.25, 0.3) is 0 Å². The number of allylic oxidation sites excluding steroid dienone is 2. The van der Waals surface area contributed by atoms with E-state index in [4.69, 9.17) is 9.47 Å². The van der Waals surface area contributed by atoms with Gasteiger partial charge in [0.15, 0.2) is 5.79 Å². The summed E-state index contributed by atoms with van der Waals surface area (Å²) >= 11 is 0. The Bertz CT molecular complexity index is 658. The maximum atomic E-state index is 13.1. The topological polar surface area (TPSA) is 35.5 Å². The molecule has 0 radical (unpaired) electrons. The molecule has 4 rings (SSSR count). The third-order valence-electron chi connectivity index (χ3n) is 7.70. The van der Waals surface area contributed by atoms with Gasteiger partial charge in [0.25, 0.3) is 0 Å². The monoisotopic (exact) mass is 358 g/mol. The third kappa shape index (κ3) is 2.82. The summed E-state index contributed by atoms with van der Waals surface area (Å²) in [6.45, 7) is 15.7. The molecule has 0 aromatic rings. The normalized spacial score (nSPS) is 44.8. The Morgan fingerprint density at radius 2 is 2.04 bits per heavy atom. The SMILES string of the molecule is C=C(C)[C@H]1CC(=O)[C@H](C)[C@@H]2CCC(C)=C3[C@@H]2[C@@H]2OC(C)(C)OC[C@@H]2C[C@H]31. The summed E-state index contributed by atoms with van der Waals surface area (Å²) in [5, 5.41) is 0. The molecule has 0 N–H and O–H groups in total. The lowest BCUT2D eigenvalue weighted by atomic mass is 9.53. The van der Waals surface area contributed by atoms with E-state index in [1.54, 1.807) is 11.1 Å². The lowest BCUT2D eigenvalue weighted by molar-refractivity contribution is -0.311. The van der Waals surface area contributed by atoms with E-state index in [0.29, 0.717) is 35.9 Å². The number of hydrogen-bond acceptors (Lipinski definition) is 3. The molecule has 3 aliphatic carbocycles. The van der Waals surface area contributed by atoms with Crippen LogP contribution in [0.5, 0.6) is 0 Å². The van der Waals surface area contributed by atoms with Crippen molar-refractivity contribution in [2.24, 2.45) is 35.5 Å². The maximum absolute atomic E-state index is 13.1. The van der Waals surface area contributed by atoms with Gasteiger partial charge in [0.2, 0.25) is 0 Å². The zero-order chi connectivity index (χ0) is 18.8. The van der Waals surface area contributed by atoms with E-state index in [9.17, 15) is 4.79 Å². The highest BCUT2D eigenvalue weighted by Crippen LogP contribution is 2.57. The second kappa shape index (κ2) is 6.31. The summed E-state index contributed by atoms with van der Waals surface area (Å²) < 4.78 is 12.6. The van der Waals surface area contributed by atoms with Crippen LogP contribution in [0.1, 0.15) is 60.3 Å². The number of Topliss-reactive ketones (excluding diaryl/α,β-unsaturated/α-hetero) is 1. The molecular formula is C23H34O3. The predicted octanol–water partition coefficient (Wildman–Crippen LogP) is 4.92. The number of carbonyl (C=O) groups excluding carboxylic acids is 1. The van der Waals surface area contributed by atoms with Gasteiger partial charge in [-0.05, 0) is 64.7 Å². The minimum Gasteiger partial charge on any atom is -0.350 e. The molecule has 144 valence electrons. The zero-order valence-corrected chi connectivity index (χ0v) is 17.0. The Hall–Kier alpha value is -0.930. The molecule has 3 nitrogen and oxygen atoms in total. The minimum absolute atomic E-state index is 0.110. The molecule has 1 aliphatic heterocycles. The standard InChI is InChI=1S/C23H34O3/c1-12(2)17-10-19(24)14(4)16-8-7-13(3)20-18(17)9-15-11-25-23(5,6)26-22(15)21(16)20/h14-18,21-22H,1,7-11H2,2-6H3/t14-,15+,16+,17-,18+,21-,22-/m1/s1. The molecule has 2 saturated carbocycles. The molecule has 0 unspecified atom stereocenters. The summed E-state index contributed by atoms with van der Waals surface area (Å²) in [5.74, 6) is 1.94. The highest BCUT2D eigenvalue weighted by atomic mass is 16.7. The van der Waals surface area contributed by atoms with Crippen molar-refractivity contribution in [1.82, 2.24) is 0 Å². The number of hydrogen-bond donors (Lipinski definition) is 0. The fraction of sp³-hybridized carbons (Fsp3) is 0.783. The van der Waals surface area contributed by atoms with E-state index in [1.807, 2.05) is 13.8 Å². The van der Waals surface area contributed by atoms with Gasteiger partial charge in [0.1, 0.15) is 5.78 Å². The van der Waals surface area contributed by atoms with Crippen LogP contribution in [-0.4, -0.2) is 24.3 Å². The molecule has 3 heteroatoms. The molecule has 0 aromatic carbocycles. The highest BCUT2D eigenvalue weighted by Gasteiger charge is 2.55. The molecule has 0 aromatic heterocycles. The van der Waals surface area contributed by atoms with Gasteiger partial charge < -0.3 is 9.47 Å². The molecule has 1 saturated heterocycles. The quantitative estimate of drug-likeness (QED) is 0.624. The van der Waals surface area contributed by atoms with Gasteiger partial charge in [-0.15, -0.1) is 0 Å². The molecule has 4 bridgehead atoms. The molecule has 4 aliphatic rings. The van der Waals surface area contributed by atoms with E-state index in [1.165, 1.54) is 0 Å². The molecule has 26 heavy (non-hydrogen) atoms. The van der Waals surface area contributed by atoms with E-state index in [-0.39, 0.29) is 17.9 Å². The average Bonchev–Trinajstić information content (AvgIpc) is 2.57. The fourth-order valence-electron chi connectivity index (χ4n) is 6.33. The van der Waals surface area contributed by atoms with Crippen molar-refractivity contribution in [2.75, 3.05) is 6.61 Å². The molecule has 1 heterocycles. The van der Waals surface area contributed by atoms with Crippen molar-refractivity contribution in [2.45, 2.75) is 72.2 Å². The Labute approximate surface area is 158 Å². The van der Waals surface area contributed by atoms with Gasteiger partial charge in [0.05, 0.1) is 12.7 Å². The average molecular weight is 359 g/mol. The number of rotatable bonds is 1. The predicted molar refractivity (Wildman–Crippen MR) is 103 cm³/mol. The number of fused-ring (bicyclic) bond motifs is 1. The van der Waals surface area contributed by atoms with Gasteiger partial charge >= 0.3 is 0 Å². The summed E-state index contributed by atoms with van der Waals surface area (Å²) in [7, 11) is 0. The van der Waals surface area contributed by atoms with Crippen LogP contribution in [0, 0.1) is 35.5 Å². The fourth-order valence-corrected chi connectivity index (χ4v) is 6.33. The van der Waals surface area contributed by atoms with Crippen LogP contribution in [-0.2, 0) is 14.3 Å². The lowest BCUT2D eigenvalue weighted by Crippen LogP contribution is -2.57. The Balaban J connectivity index is 1.84. The van der Waals surface area contributed by atoms with Crippen LogP contribution >= 0.6 is 0 Å². The number of ether oxygens (including phenoxy) is 2. The first-order chi connectivity index (χ1) is 12.2. The van der Waals surface area contributed by atoms with Gasteiger partial charge in [0, 0.05) is 24.2 Å². The first kappa shape index (κ1) is 18.4. The smallest absolute Gasteiger partial charge is 0.163 e. The Morgan fingerprint density at radius 3 is 2.73 bits per heavy atom. The molecule has 0 spiro atoms. The first-order valence-electron chi connectivity index (χ1n) is 10.4. The number of ketones is 1. The van der Waals surface area contributed by atoms with E-state index >= 15 is 0 Å². The maximum Gasteiger partial charge on any atom is 0.163 e. The summed E-state index contributed by atoms with van der Waals surface area (Å²) in [4.78, 5) is 13.1. The Kier molecular flexibility index (Phi) is 4.47. The van der Waals surface area contributed by atoms with Gasteiger partial charge in [-0.3, -0.25) is 4.79 Å². The van der Waals surface area contributed by atoms with Crippen molar-refractivity contribution in [1.29, 1.82) is 0 Å². The van der Waals surface area contributed by atoms with Crippen molar-refractivity contribution < 1.29 is 14.3 Å². The van der Waals surface area contributed by atoms with Crippen LogP contribution in [0.4, 0.5) is 0 Å². The Morgan fingerprint density at radius 1 is 1.31 bits per heavy atom. The van der Waals surface area contributed by atoms with E-state index in [0.717, 1.165) is 31.4 Å². The molecule has 7 atom stereocenters. The summed E-state index contributed by atoms with van der Waals surface area (Å²) in [6, 6.07) is 0. The van der Waals surface area contributed by atoms with E-state index in [2.05, 4.69) is 27.4 Å². The van der Waals surface area contributed by atoms with Crippen LogP contribution in [0.2, 0.25) is 0 Å². The van der Waals surface area contributed by atoms with Gasteiger partial charge in [-0.2, -0.15) is 0 Å². The lowest BCUT2D eigenvalue weighted by Gasteiger charge is -2.57. The molecule has 3 fully saturated rings. The highest BCUT2D eigenvalue weighted by molar-refractivity contribution is 5.82. The van der Waals surface area contributed by atoms with Crippen LogP contribution in [0.15, 0.2) is 23.3 Å². The van der Waals surface area contributed by atoms with Crippen LogP contribution in [0.3, 0.4) is 0 Å². The second-order valence-corrected chi connectivity index (χ2v) is 9.77. The van der Waals surface area contributed by atoms with E-state index < -0.39 is 5.79 Å². The molecule has 0 amide bonds. The third-order valence-corrected chi connectivity index (χ3v) is 7.70. The van der Waals surface area contributed by atoms with Gasteiger partial charge in [-0.25, -0.2) is 0 Å². The van der Waals surface area contributed by atoms with Gasteiger partial charge in [-0.1, -0.05) is 30.2 Å². The summed E-state index contributed by atoms with van der Waals surface area (Å²) in [5.41, 5.74) is 4.33. The summed E-state index contributed by atoms with van der Waals surface area (Å²) in [6.07, 6.45) is 4.15.